The first kappa shape index (κ1) is 30.4. The van der Waals surface area contributed by atoms with Crippen LogP contribution in [0.15, 0.2) is 23.4 Å². The molecule has 2 rings (SSSR count). The van der Waals surface area contributed by atoms with Crippen molar-refractivity contribution in [2.75, 3.05) is 17.6 Å². The third-order valence-electron chi connectivity index (χ3n) is 5.70. The topological polar surface area (TPSA) is 103 Å². The summed E-state index contributed by atoms with van der Waals surface area (Å²) in [5.41, 5.74) is 0.126. The molecule has 1 aromatic heterocycles. The van der Waals surface area contributed by atoms with Crippen molar-refractivity contribution >= 4 is 36.1 Å². The van der Waals surface area contributed by atoms with Gasteiger partial charge in [0.2, 0.25) is 16.0 Å². The van der Waals surface area contributed by atoms with Gasteiger partial charge in [0.1, 0.15) is 6.10 Å². The second-order valence-corrected chi connectivity index (χ2v) is 18.0. The molecule has 0 unspecified atom stereocenters. The number of hydrogen-bond acceptors (Lipinski definition) is 8. The lowest BCUT2D eigenvalue weighted by Crippen LogP contribution is -2.43. The first-order chi connectivity index (χ1) is 16.5. The van der Waals surface area contributed by atoms with E-state index in [-0.39, 0.29) is 39.6 Å². The Hall–Kier alpha value is -1.83. The number of ether oxygens (including phenoxy) is 1. The standard InChI is InChI=1S/C23H36F2N4O4S2Si/c1-15(2)12-17(13-32-36(7,8)23(3,4)5)33-21-26-20(29-35(6,30)31)27-22(28-21)34-14-16-10-9-11-18(24)19(16)25/h9-11,15,17H,12-14H2,1-8H3,(H,26,27,28,29)/t17-/m1/s1. The minimum atomic E-state index is -3.68. The van der Waals surface area contributed by atoms with Crippen molar-refractivity contribution in [1.29, 1.82) is 0 Å². The van der Waals surface area contributed by atoms with Crippen molar-refractivity contribution in [3.63, 3.8) is 0 Å². The molecule has 202 valence electrons. The zero-order valence-electron chi connectivity index (χ0n) is 22.1. The van der Waals surface area contributed by atoms with Crippen LogP contribution in [-0.2, 0) is 20.2 Å². The number of anilines is 1. The number of rotatable bonds is 12. The smallest absolute Gasteiger partial charge is 0.322 e. The Morgan fingerprint density at radius 2 is 1.81 bits per heavy atom. The summed E-state index contributed by atoms with van der Waals surface area (Å²) in [4.78, 5) is 12.5. The molecular weight excluding hydrogens is 526 g/mol. The highest BCUT2D eigenvalue weighted by Crippen LogP contribution is 2.37. The van der Waals surface area contributed by atoms with E-state index in [1.54, 1.807) is 0 Å². The van der Waals surface area contributed by atoms with E-state index in [1.807, 2.05) is 0 Å². The van der Waals surface area contributed by atoms with Crippen LogP contribution in [-0.4, -0.2) is 50.7 Å². The Labute approximate surface area is 218 Å². The van der Waals surface area contributed by atoms with Crippen LogP contribution in [0.5, 0.6) is 6.01 Å². The zero-order chi connectivity index (χ0) is 27.3. The lowest BCUT2D eigenvalue weighted by molar-refractivity contribution is 0.0929. The lowest BCUT2D eigenvalue weighted by atomic mass is 10.1. The molecule has 0 radical (unpaired) electrons. The molecule has 2 aromatic rings. The summed E-state index contributed by atoms with van der Waals surface area (Å²) in [6.45, 7) is 15.2. The second kappa shape index (κ2) is 12.1. The van der Waals surface area contributed by atoms with Gasteiger partial charge in [0, 0.05) is 11.3 Å². The summed E-state index contributed by atoms with van der Waals surface area (Å²) in [5.74, 6) is -1.82. The van der Waals surface area contributed by atoms with Gasteiger partial charge in [-0.25, -0.2) is 17.2 Å². The van der Waals surface area contributed by atoms with E-state index in [0.717, 1.165) is 24.1 Å². The third-order valence-corrected chi connectivity index (χ3v) is 11.7. The number of nitrogens with one attached hydrogen (secondary N) is 1. The highest BCUT2D eigenvalue weighted by molar-refractivity contribution is 7.98. The molecule has 0 aliphatic carbocycles. The fourth-order valence-electron chi connectivity index (χ4n) is 2.81. The van der Waals surface area contributed by atoms with Gasteiger partial charge >= 0.3 is 6.01 Å². The second-order valence-electron chi connectivity index (χ2n) is 10.5. The Kier molecular flexibility index (Phi) is 10.2. The van der Waals surface area contributed by atoms with E-state index < -0.39 is 30.0 Å². The monoisotopic (exact) mass is 562 g/mol. The maximum Gasteiger partial charge on any atom is 0.322 e. The van der Waals surface area contributed by atoms with Crippen LogP contribution in [0.1, 0.15) is 46.6 Å². The maximum atomic E-state index is 14.1. The quantitative estimate of drug-likeness (QED) is 0.262. The average molecular weight is 563 g/mol. The normalized spacial score (nSPS) is 13.6. The van der Waals surface area contributed by atoms with E-state index in [9.17, 15) is 17.2 Å². The maximum absolute atomic E-state index is 14.1. The Morgan fingerprint density at radius 3 is 2.39 bits per heavy atom. The molecule has 0 amide bonds. The van der Waals surface area contributed by atoms with E-state index in [0.29, 0.717) is 18.9 Å². The Bertz CT molecular complexity index is 1150. The van der Waals surface area contributed by atoms with Gasteiger partial charge < -0.3 is 9.16 Å². The van der Waals surface area contributed by atoms with Crippen LogP contribution in [0, 0.1) is 17.6 Å². The summed E-state index contributed by atoms with van der Waals surface area (Å²) in [7, 11) is -5.72. The van der Waals surface area contributed by atoms with Crippen molar-refractivity contribution in [3.8, 4) is 6.01 Å². The zero-order valence-corrected chi connectivity index (χ0v) is 24.7. The van der Waals surface area contributed by atoms with E-state index in [4.69, 9.17) is 9.16 Å². The largest absolute Gasteiger partial charge is 0.458 e. The minimum Gasteiger partial charge on any atom is -0.458 e. The summed E-state index contributed by atoms with van der Waals surface area (Å²) < 4.78 is 65.9. The number of thioether (sulfide) groups is 1. The molecule has 0 saturated heterocycles. The summed E-state index contributed by atoms with van der Waals surface area (Å²) in [6.07, 6.45) is 1.25. The van der Waals surface area contributed by atoms with Crippen LogP contribution in [0.3, 0.4) is 0 Å². The average Bonchev–Trinajstić information content (AvgIpc) is 2.70. The number of aromatic nitrogens is 3. The number of nitrogens with zero attached hydrogens (tertiary/aromatic N) is 3. The fraction of sp³-hybridized carbons (Fsp3) is 0.609. The summed E-state index contributed by atoms with van der Waals surface area (Å²) >= 11 is 1.00. The van der Waals surface area contributed by atoms with Crippen molar-refractivity contribution in [1.82, 2.24) is 15.0 Å². The van der Waals surface area contributed by atoms with Crippen LogP contribution in [0.4, 0.5) is 14.7 Å². The van der Waals surface area contributed by atoms with E-state index in [1.165, 1.54) is 12.1 Å². The molecule has 13 heteroatoms. The van der Waals surface area contributed by atoms with Gasteiger partial charge in [-0.05, 0) is 36.5 Å². The van der Waals surface area contributed by atoms with Gasteiger partial charge in [0.05, 0.1) is 12.9 Å². The molecule has 0 aliphatic rings. The molecule has 1 atom stereocenters. The summed E-state index contributed by atoms with van der Waals surface area (Å²) in [5, 5.41) is 0.119. The predicted octanol–water partition coefficient (Wildman–Crippen LogP) is 5.63. The van der Waals surface area contributed by atoms with Crippen LogP contribution >= 0.6 is 11.8 Å². The van der Waals surface area contributed by atoms with Crippen molar-refractivity contribution in [3.05, 3.63) is 35.4 Å². The molecule has 0 bridgehead atoms. The van der Waals surface area contributed by atoms with Crippen LogP contribution < -0.4 is 9.46 Å². The molecular formula is C23H36F2N4O4S2Si. The Balaban J connectivity index is 2.30. The van der Waals surface area contributed by atoms with Crippen molar-refractivity contribution < 1.29 is 26.4 Å². The van der Waals surface area contributed by atoms with Crippen LogP contribution in [0.25, 0.3) is 0 Å². The highest BCUT2D eigenvalue weighted by atomic mass is 32.2. The molecule has 0 saturated carbocycles. The number of halogens is 2. The molecule has 1 aromatic carbocycles. The SMILES string of the molecule is CC(C)C[C@H](CO[Si](C)(C)C(C)(C)C)Oc1nc(NS(C)(=O)=O)nc(SCc2cccc(F)c2F)n1. The molecule has 1 N–H and O–H groups in total. The fourth-order valence-corrected chi connectivity index (χ4v) is 5.07. The first-order valence-electron chi connectivity index (χ1n) is 11.6. The van der Waals surface area contributed by atoms with E-state index in [2.05, 4.69) is 67.4 Å². The summed E-state index contributed by atoms with van der Waals surface area (Å²) in [6, 6.07) is 3.82. The van der Waals surface area contributed by atoms with Gasteiger partial charge in [-0.2, -0.15) is 15.0 Å². The molecule has 0 spiro atoms. The van der Waals surface area contributed by atoms with Crippen molar-refractivity contribution in [2.45, 2.75) is 76.2 Å². The van der Waals surface area contributed by atoms with Gasteiger partial charge in [-0.1, -0.05) is 58.5 Å². The molecule has 0 fully saturated rings. The third kappa shape index (κ3) is 9.56. The van der Waals surface area contributed by atoms with E-state index >= 15 is 0 Å². The molecule has 8 nitrogen and oxygen atoms in total. The number of hydrogen-bond donors (Lipinski definition) is 1. The predicted molar refractivity (Wildman–Crippen MR) is 141 cm³/mol. The molecule has 36 heavy (non-hydrogen) atoms. The highest BCUT2D eigenvalue weighted by Gasteiger charge is 2.38. The molecule has 1 heterocycles. The van der Waals surface area contributed by atoms with Gasteiger partial charge in [-0.3, -0.25) is 4.72 Å². The minimum absolute atomic E-state index is 0.0190. The number of sulfonamides is 1. The number of benzene rings is 1. The lowest BCUT2D eigenvalue weighted by Gasteiger charge is -2.37. The van der Waals surface area contributed by atoms with Gasteiger partial charge in [0.25, 0.3) is 0 Å². The molecule has 0 aliphatic heterocycles. The van der Waals surface area contributed by atoms with Gasteiger partial charge in [-0.15, -0.1) is 0 Å². The van der Waals surface area contributed by atoms with Crippen LogP contribution in [0.2, 0.25) is 18.1 Å². The first-order valence-corrected chi connectivity index (χ1v) is 17.4. The van der Waals surface area contributed by atoms with Crippen molar-refractivity contribution in [2.24, 2.45) is 5.92 Å². The van der Waals surface area contributed by atoms with Gasteiger partial charge in [0.15, 0.2) is 25.1 Å². The Morgan fingerprint density at radius 1 is 1.14 bits per heavy atom.